The van der Waals surface area contributed by atoms with E-state index in [1.165, 1.54) is 23.1 Å². The number of halogens is 1. The van der Waals surface area contributed by atoms with Crippen LogP contribution in [0.2, 0.25) is 0 Å². The lowest BCUT2D eigenvalue weighted by molar-refractivity contribution is 0.0518. The van der Waals surface area contributed by atoms with Crippen LogP contribution in [-0.4, -0.2) is 46.2 Å². The van der Waals surface area contributed by atoms with Gasteiger partial charge in [0.25, 0.3) is 5.91 Å². The molecule has 0 saturated heterocycles. The van der Waals surface area contributed by atoms with Crippen LogP contribution in [0.25, 0.3) is 0 Å². The van der Waals surface area contributed by atoms with Crippen LogP contribution in [0.5, 0.6) is 0 Å². The molecule has 1 heterocycles. The first-order valence-corrected chi connectivity index (χ1v) is 9.75. The SMILES string of the molecule is CCOC(=O)c1[nH]c(C)c(C(=O)[C@H](C)N(C(=O)c2cccc(F)c2)C2CC2)c1C. The monoisotopic (exact) mass is 400 g/mol. The second-order valence-corrected chi connectivity index (χ2v) is 7.34. The molecule has 1 saturated carbocycles. The molecule has 1 fully saturated rings. The van der Waals surface area contributed by atoms with Gasteiger partial charge < -0.3 is 14.6 Å². The summed E-state index contributed by atoms with van der Waals surface area (Å²) in [6, 6.07) is 4.68. The molecular weight excluding hydrogens is 375 g/mol. The van der Waals surface area contributed by atoms with Gasteiger partial charge in [-0.3, -0.25) is 9.59 Å². The standard InChI is InChI=1S/C22H25FN2O4/c1-5-29-22(28)19-12(2)18(13(3)24-19)20(26)14(4)25(17-9-10-17)21(27)15-7-6-8-16(23)11-15/h6-8,11,14,17,24H,5,9-10H2,1-4H3/t14-/m0/s1. The highest BCUT2D eigenvalue weighted by molar-refractivity contribution is 6.07. The maximum atomic E-state index is 13.6. The number of aryl methyl sites for hydroxylation is 1. The molecule has 1 aliphatic carbocycles. The summed E-state index contributed by atoms with van der Waals surface area (Å²) < 4.78 is 18.6. The highest BCUT2D eigenvalue weighted by atomic mass is 19.1. The molecule has 0 spiro atoms. The number of hydrogen-bond donors (Lipinski definition) is 1. The number of aromatic amines is 1. The zero-order valence-electron chi connectivity index (χ0n) is 17.0. The van der Waals surface area contributed by atoms with Gasteiger partial charge in [0.1, 0.15) is 11.5 Å². The van der Waals surface area contributed by atoms with Crippen molar-refractivity contribution in [3.05, 3.63) is 58.2 Å². The van der Waals surface area contributed by atoms with E-state index in [2.05, 4.69) is 4.98 Å². The minimum absolute atomic E-state index is 0.0474. The van der Waals surface area contributed by atoms with E-state index < -0.39 is 17.8 Å². The van der Waals surface area contributed by atoms with Crippen LogP contribution in [0.3, 0.4) is 0 Å². The topological polar surface area (TPSA) is 79.5 Å². The van der Waals surface area contributed by atoms with Gasteiger partial charge in [0, 0.05) is 22.9 Å². The Balaban J connectivity index is 1.92. The van der Waals surface area contributed by atoms with Gasteiger partial charge in [-0.15, -0.1) is 0 Å². The van der Waals surface area contributed by atoms with Crippen molar-refractivity contribution in [3.63, 3.8) is 0 Å². The van der Waals surface area contributed by atoms with Gasteiger partial charge in [-0.05, 0) is 64.3 Å². The summed E-state index contributed by atoms with van der Waals surface area (Å²) >= 11 is 0. The fourth-order valence-electron chi connectivity index (χ4n) is 3.64. The Bertz CT molecular complexity index is 962. The molecule has 0 radical (unpaired) electrons. The quantitative estimate of drug-likeness (QED) is 0.566. The van der Waals surface area contributed by atoms with Gasteiger partial charge in [-0.1, -0.05) is 6.07 Å². The van der Waals surface area contributed by atoms with Crippen LogP contribution in [0, 0.1) is 19.7 Å². The molecule has 7 heteroatoms. The van der Waals surface area contributed by atoms with E-state index in [-0.39, 0.29) is 35.6 Å². The maximum absolute atomic E-state index is 13.6. The fraction of sp³-hybridized carbons (Fsp3) is 0.409. The average Bonchev–Trinajstić information content (AvgIpc) is 3.46. The predicted octanol–water partition coefficient (Wildman–Crippen LogP) is 3.82. The zero-order chi connectivity index (χ0) is 21.3. The highest BCUT2D eigenvalue weighted by Gasteiger charge is 2.40. The number of nitrogens with one attached hydrogen (secondary N) is 1. The molecule has 1 aromatic carbocycles. The van der Waals surface area contributed by atoms with Gasteiger partial charge in [0.05, 0.1) is 12.6 Å². The number of hydrogen-bond acceptors (Lipinski definition) is 4. The van der Waals surface area contributed by atoms with E-state index in [0.29, 0.717) is 16.8 Å². The Hall–Kier alpha value is -2.96. The van der Waals surface area contributed by atoms with Gasteiger partial charge in [-0.25, -0.2) is 9.18 Å². The molecule has 154 valence electrons. The van der Waals surface area contributed by atoms with Crippen LogP contribution in [0.4, 0.5) is 4.39 Å². The number of esters is 1. The third-order valence-corrected chi connectivity index (χ3v) is 5.21. The molecule has 0 aliphatic heterocycles. The molecule has 1 atom stereocenters. The summed E-state index contributed by atoms with van der Waals surface area (Å²) in [6.45, 7) is 7.02. The van der Waals surface area contributed by atoms with Crippen molar-refractivity contribution in [2.75, 3.05) is 6.61 Å². The van der Waals surface area contributed by atoms with E-state index in [9.17, 15) is 18.8 Å². The van der Waals surface area contributed by atoms with Crippen molar-refractivity contribution < 1.29 is 23.5 Å². The molecule has 1 aliphatic rings. The molecule has 3 rings (SSSR count). The number of Topliss-reactive ketones (excluding diaryl/α,β-unsaturated/α-hetero) is 1. The number of nitrogens with zero attached hydrogens (tertiary/aromatic N) is 1. The summed E-state index contributed by atoms with van der Waals surface area (Å²) in [5.74, 6) is -1.65. The third-order valence-electron chi connectivity index (χ3n) is 5.21. The van der Waals surface area contributed by atoms with E-state index in [1.54, 1.807) is 33.8 Å². The Morgan fingerprint density at radius 3 is 2.55 bits per heavy atom. The fourth-order valence-corrected chi connectivity index (χ4v) is 3.64. The minimum atomic E-state index is -0.749. The average molecular weight is 400 g/mol. The molecule has 1 N–H and O–H groups in total. The number of amides is 1. The maximum Gasteiger partial charge on any atom is 0.355 e. The van der Waals surface area contributed by atoms with E-state index in [1.807, 2.05) is 0 Å². The van der Waals surface area contributed by atoms with Crippen LogP contribution < -0.4 is 0 Å². The number of benzene rings is 1. The van der Waals surface area contributed by atoms with E-state index >= 15 is 0 Å². The lowest BCUT2D eigenvalue weighted by Crippen LogP contribution is -2.45. The van der Waals surface area contributed by atoms with Crippen LogP contribution in [0.1, 0.15) is 69.2 Å². The number of H-pyrrole nitrogens is 1. The molecule has 0 bridgehead atoms. The summed E-state index contributed by atoms with van der Waals surface area (Å²) in [5, 5.41) is 0. The molecule has 1 aromatic heterocycles. The molecule has 29 heavy (non-hydrogen) atoms. The van der Waals surface area contributed by atoms with Crippen LogP contribution in [0.15, 0.2) is 24.3 Å². The molecular formula is C22H25FN2O4. The third kappa shape index (κ3) is 4.09. The van der Waals surface area contributed by atoms with Crippen LogP contribution >= 0.6 is 0 Å². The van der Waals surface area contributed by atoms with Crippen molar-refractivity contribution in [1.82, 2.24) is 9.88 Å². The van der Waals surface area contributed by atoms with Gasteiger partial charge >= 0.3 is 5.97 Å². The van der Waals surface area contributed by atoms with Crippen LogP contribution in [-0.2, 0) is 4.74 Å². The first-order valence-electron chi connectivity index (χ1n) is 9.75. The van der Waals surface area contributed by atoms with Gasteiger partial charge in [0.15, 0.2) is 5.78 Å². The van der Waals surface area contributed by atoms with Crippen molar-refractivity contribution in [2.24, 2.45) is 0 Å². The molecule has 6 nitrogen and oxygen atoms in total. The Kier molecular flexibility index (Phi) is 5.86. The lowest BCUT2D eigenvalue weighted by atomic mass is 9.99. The summed E-state index contributed by atoms with van der Waals surface area (Å²) in [7, 11) is 0. The zero-order valence-corrected chi connectivity index (χ0v) is 17.0. The number of ketones is 1. The number of aromatic nitrogens is 1. The highest BCUT2D eigenvalue weighted by Crippen LogP contribution is 2.32. The number of carbonyl (C=O) groups is 3. The van der Waals surface area contributed by atoms with Crippen molar-refractivity contribution in [1.29, 1.82) is 0 Å². The van der Waals surface area contributed by atoms with Crippen molar-refractivity contribution in [2.45, 2.75) is 52.6 Å². The normalized spacial score (nSPS) is 14.4. The molecule has 2 aromatic rings. The lowest BCUT2D eigenvalue weighted by Gasteiger charge is -2.29. The molecule has 1 amide bonds. The predicted molar refractivity (Wildman–Crippen MR) is 106 cm³/mol. The molecule has 0 unspecified atom stereocenters. The smallest absolute Gasteiger partial charge is 0.355 e. The summed E-state index contributed by atoms with van der Waals surface area (Å²) in [5.41, 5.74) is 1.90. The summed E-state index contributed by atoms with van der Waals surface area (Å²) in [4.78, 5) is 43.0. The Labute approximate surface area is 169 Å². The first-order chi connectivity index (χ1) is 13.8. The van der Waals surface area contributed by atoms with Gasteiger partial charge in [0.2, 0.25) is 0 Å². The Morgan fingerprint density at radius 1 is 1.28 bits per heavy atom. The van der Waals surface area contributed by atoms with E-state index in [4.69, 9.17) is 4.74 Å². The second-order valence-electron chi connectivity index (χ2n) is 7.34. The van der Waals surface area contributed by atoms with Gasteiger partial charge in [-0.2, -0.15) is 0 Å². The number of rotatable bonds is 7. The number of ether oxygens (including phenoxy) is 1. The largest absolute Gasteiger partial charge is 0.461 e. The summed E-state index contributed by atoms with van der Waals surface area (Å²) in [6.07, 6.45) is 1.61. The Morgan fingerprint density at radius 2 is 1.97 bits per heavy atom. The number of carbonyl (C=O) groups excluding carboxylic acids is 3. The first kappa shape index (κ1) is 20.8. The van der Waals surface area contributed by atoms with Crippen molar-refractivity contribution >= 4 is 17.7 Å². The second kappa shape index (κ2) is 8.19. The minimum Gasteiger partial charge on any atom is -0.461 e. The van der Waals surface area contributed by atoms with E-state index in [0.717, 1.165) is 12.8 Å². The van der Waals surface area contributed by atoms with Crippen molar-refractivity contribution in [3.8, 4) is 0 Å².